The smallest absolute Gasteiger partial charge is 0.254 e. The molecule has 0 aliphatic carbocycles. The summed E-state index contributed by atoms with van der Waals surface area (Å²) < 4.78 is 23.8. The van der Waals surface area contributed by atoms with Crippen molar-refractivity contribution in [3.8, 4) is 5.75 Å². The second-order valence-corrected chi connectivity index (χ2v) is 9.21. The van der Waals surface area contributed by atoms with Crippen LogP contribution in [0, 0.1) is 12.7 Å². The molecule has 0 spiro atoms. The summed E-state index contributed by atoms with van der Waals surface area (Å²) in [6, 6.07) is 15.0. The van der Waals surface area contributed by atoms with E-state index in [-0.39, 0.29) is 24.2 Å². The van der Waals surface area contributed by atoms with Gasteiger partial charge in [-0.1, -0.05) is 18.2 Å². The molecule has 3 aromatic rings. The normalized spacial score (nSPS) is 10.7. The van der Waals surface area contributed by atoms with Gasteiger partial charge in [-0.15, -0.1) is 11.3 Å². The van der Waals surface area contributed by atoms with E-state index in [0.717, 1.165) is 16.0 Å². The number of carbonyl (C=O) groups excluding carboxylic acids is 2. The maximum atomic E-state index is 13.6. The molecule has 1 heterocycles. The highest BCUT2D eigenvalue weighted by atomic mass is 32.1. The summed E-state index contributed by atoms with van der Waals surface area (Å²) in [7, 11) is 3.15. The first-order chi connectivity index (χ1) is 16.9. The molecule has 1 aromatic heterocycles. The van der Waals surface area contributed by atoms with Gasteiger partial charge in [0.15, 0.2) is 0 Å². The Labute approximate surface area is 209 Å². The monoisotopic (exact) mass is 498 g/mol. The van der Waals surface area contributed by atoms with Crippen molar-refractivity contribution in [1.82, 2.24) is 9.80 Å². The van der Waals surface area contributed by atoms with Crippen molar-refractivity contribution in [2.45, 2.75) is 26.4 Å². The van der Waals surface area contributed by atoms with Gasteiger partial charge in [0.05, 0.1) is 13.7 Å². The molecule has 0 fully saturated rings. The molecule has 0 saturated carbocycles. The average Bonchev–Trinajstić information content (AvgIpc) is 3.28. The van der Waals surface area contributed by atoms with Gasteiger partial charge in [-0.05, 0) is 66.2 Å². The Morgan fingerprint density at radius 2 is 1.77 bits per heavy atom. The number of rotatable bonds is 12. The van der Waals surface area contributed by atoms with E-state index in [4.69, 9.17) is 9.47 Å². The molecule has 0 aliphatic rings. The van der Waals surface area contributed by atoms with E-state index in [1.807, 2.05) is 18.4 Å². The van der Waals surface area contributed by atoms with Crippen LogP contribution in [0.15, 0.2) is 60.0 Å². The van der Waals surface area contributed by atoms with E-state index in [0.29, 0.717) is 44.0 Å². The molecule has 8 heteroatoms. The fraction of sp³-hybridized carbons (Fsp3) is 0.333. The van der Waals surface area contributed by atoms with Crippen LogP contribution in [0.5, 0.6) is 5.75 Å². The number of amides is 2. The summed E-state index contributed by atoms with van der Waals surface area (Å²) in [6.45, 7) is 3.51. The summed E-state index contributed by atoms with van der Waals surface area (Å²) in [5.41, 5.74) is 2.38. The Morgan fingerprint density at radius 3 is 2.43 bits per heavy atom. The molecule has 2 amide bonds. The van der Waals surface area contributed by atoms with Crippen LogP contribution in [0.25, 0.3) is 0 Å². The van der Waals surface area contributed by atoms with Crippen molar-refractivity contribution >= 4 is 23.2 Å². The summed E-state index contributed by atoms with van der Waals surface area (Å²) in [5.74, 6) is -0.183. The van der Waals surface area contributed by atoms with Gasteiger partial charge in [-0.2, -0.15) is 0 Å². The number of thiophene rings is 1. The molecule has 0 atom stereocenters. The molecule has 186 valence electrons. The quantitative estimate of drug-likeness (QED) is 0.333. The Bertz CT molecular complexity index is 1120. The van der Waals surface area contributed by atoms with Gasteiger partial charge < -0.3 is 19.3 Å². The minimum absolute atomic E-state index is 0.0780. The maximum absolute atomic E-state index is 13.6. The van der Waals surface area contributed by atoms with Crippen LogP contribution in [-0.2, 0) is 22.6 Å². The number of nitrogens with zero attached hydrogens (tertiary/aromatic N) is 2. The lowest BCUT2D eigenvalue weighted by Gasteiger charge is -2.28. The predicted molar refractivity (Wildman–Crippen MR) is 135 cm³/mol. The third-order valence-electron chi connectivity index (χ3n) is 5.65. The molecule has 0 bridgehead atoms. The Balaban J connectivity index is 1.83. The maximum Gasteiger partial charge on any atom is 0.254 e. The van der Waals surface area contributed by atoms with Crippen LogP contribution >= 0.6 is 11.3 Å². The third-order valence-corrected chi connectivity index (χ3v) is 6.66. The lowest BCUT2D eigenvalue weighted by Crippen LogP contribution is -2.43. The third kappa shape index (κ3) is 7.63. The van der Waals surface area contributed by atoms with Gasteiger partial charge in [-0.3, -0.25) is 9.59 Å². The topological polar surface area (TPSA) is 59.1 Å². The zero-order valence-corrected chi connectivity index (χ0v) is 21.1. The number of halogens is 1. The zero-order valence-electron chi connectivity index (χ0n) is 20.3. The standard InChI is InChI=1S/C27H31FN2O4S/c1-20-12-15-35-25(20)18-30(17-21-8-10-23(28)11-9-21)26(31)19-29(13-5-14-33-2)27(32)22-6-4-7-24(16-22)34-3/h4,6-12,15-16H,5,13-14,17-19H2,1-3H3. The van der Waals surface area contributed by atoms with Crippen molar-refractivity contribution in [1.29, 1.82) is 0 Å². The second kappa shape index (κ2) is 13.0. The number of aryl methyl sites for hydroxylation is 1. The van der Waals surface area contributed by atoms with E-state index < -0.39 is 0 Å². The number of methoxy groups -OCH3 is 2. The van der Waals surface area contributed by atoms with E-state index in [9.17, 15) is 14.0 Å². The van der Waals surface area contributed by atoms with Crippen LogP contribution < -0.4 is 4.74 Å². The van der Waals surface area contributed by atoms with Gasteiger partial charge in [0, 0.05) is 37.2 Å². The molecular weight excluding hydrogens is 467 g/mol. The first-order valence-corrected chi connectivity index (χ1v) is 12.3. The molecule has 0 aliphatic heterocycles. The Morgan fingerprint density at radius 1 is 1.00 bits per heavy atom. The van der Waals surface area contributed by atoms with Gasteiger partial charge in [-0.25, -0.2) is 4.39 Å². The highest BCUT2D eigenvalue weighted by Gasteiger charge is 2.23. The van der Waals surface area contributed by atoms with E-state index in [2.05, 4.69) is 0 Å². The molecule has 0 radical (unpaired) electrons. The average molecular weight is 499 g/mol. The fourth-order valence-corrected chi connectivity index (χ4v) is 4.56. The lowest BCUT2D eigenvalue weighted by atomic mass is 10.1. The summed E-state index contributed by atoms with van der Waals surface area (Å²) in [6.07, 6.45) is 0.599. The fourth-order valence-electron chi connectivity index (χ4n) is 3.64. The summed E-state index contributed by atoms with van der Waals surface area (Å²) >= 11 is 1.59. The molecule has 0 saturated heterocycles. The van der Waals surface area contributed by atoms with Crippen molar-refractivity contribution in [3.63, 3.8) is 0 Å². The number of hydrogen-bond acceptors (Lipinski definition) is 5. The van der Waals surface area contributed by atoms with Gasteiger partial charge in [0.25, 0.3) is 5.91 Å². The van der Waals surface area contributed by atoms with Crippen molar-refractivity contribution in [2.75, 3.05) is 33.9 Å². The Hall–Kier alpha value is -3.23. The van der Waals surface area contributed by atoms with Crippen molar-refractivity contribution in [2.24, 2.45) is 0 Å². The van der Waals surface area contributed by atoms with Gasteiger partial charge in [0.2, 0.25) is 5.91 Å². The highest BCUT2D eigenvalue weighted by molar-refractivity contribution is 7.10. The Kier molecular flexibility index (Phi) is 9.81. The molecular formula is C27H31FN2O4S. The second-order valence-electron chi connectivity index (χ2n) is 8.21. The molecule has 2 aromatic carbocycles. The van der Waals surface area contributed by atoms with Gasteiger partial charge >= 0.3 is 0 Å². The van der Waals surface area contributed by atoms with E-state index >= 15 is 0 Å². The van der Waals surface area contributed by atoms with Crippen LogP contribution in [-0.4, -0.2) is 55.5 Å². The summed E-state index contributed by atoms with van der Waals surface area (Å²) in [5, 5.41) is 1.99. The van der Waals surface area contributed by atoms with Crippen LogP contribution in [0.1, 0.15) is 32.8 Å². The number of ether oxygens (including phenoxy) is 2. The first-order valence-electron chi connectivity index (χ1n) is 11.4. The molecule has 0 unspecified atom stereocenters. The van der Waals surface area contributed by atoms with Gasteiger partial charge in [0.1, 0.15) is 18.1 Å². The zero-order chi connectivity index (χ0) is 25.2. The molecule has 3 rings (SSSR count). The van der Waals surface area contributed by atoms with E-state index in [1.54, 1.807) is 71.8 Å². The lowest BCUT2D eigenvalue weighted by molar-refractivity contribution is -0.133. The van der Waals surface area contributed by atoms with Crippen LogP contribution in [0.3, 0.4) is 0 Å². The van der Waals surface area contributed by atoms with Crippen LogP contribution in [0.4, 0.5) is 4.39 Å². The number of carbonyl (C=O) groups is 2. The molecule has 35 heavy (non-hydrogen) atoms. The molecule has 6 nitrogen and oxygen atoms in total. The SMILES string of the molecule is COCCCN(CC(=O)N(Cc1ccc(F)cc1)Cc1sccc1C)C(=O)c1cccc(OC)c1. The largest absolute Gasteiger partial charge is 0.497 e. The minimum Gasteiger partial charge on any atom is -0.497 e. The van der Waals surface area contributed by atoms with Crippen LogP contribution in [0.2, 0.25) is 0 Å². The number of hydrogen-bond donors (Lipinski definition) is 0. The van der Waals surface area contributed by atoms with E-state index in [1.165, 1.54) is 12.1 Å². The number of benzene rings is 2. The van der Waals surface area contributed by atoms with Crippen molar-refractivity contribution in [3.05, 3.63) is 87.4 Å². The highest BCUT2D eigenvalue weighted by Crippen LogP contribution is 2.21. The predicted octanol–water partition coefficient (Wildman–Crippen LogP) is 4.91. The summed E-state index contributed by atoms with van der Waals surface area (Å²) in [4.78, 5) is 31.3. The first kappa shape index (κ1) is 26.4. The van der Waals surface area contributed by atoms with Crippen molar-refractivity contribution < 1.29 is 23.5 Å². The minimum atomic E-state index is -0.325. The molecule has 0 N–H and O–H groups in total.